The molecule has 0 saturated heterocycles. The van der Waals surface area contributed by atoms with Gasteiger partial charge in [0.15, 0.2) is 0 Å². The number of hydrogen-bond acceptors (Lipinski definition) is 3. The summed E-state index contributed by atoms with van der Waals surface area (Å²) in [6.07, 6.45) is 7.66. The van der Waals surface area contributed by atoms with E-state index in [1.165, 1.54) is 25.7 Å². The number of benzene rings is 1. The van der Waals surface area contributed by atoms with Gasteiger partial charge in [-0.2, -0.15) is 0 Å². The van der Waals surface area contributed by atoms with Crippen LogP contribution in [0, 0.1) is 5.92 Å². The van der Waals surface area contributed by atoms with Gasteiger partial charge in [-0.3, -0.25) is 4.79 Å². The van der Waals surface area contributed by atoms with Crippen LogP contribution in [-0.2, 0) is 17.8 Å². The first kappa shape index (κ1) is 17.2. The Morgan fingerprint density at radius 1 is 1.04 bits per heavy atom. The van der Waals surface area contributed by atoms with Crippen LogP contribution >= 0.6 is 11.6 Å². The van der Waals surface area contributed by atoms with Crippen molar-refractivity contribution in [1.82, 2.24) is 14.9 Å². The maximum Gasteiger partial charge on any atom is 0.225 e. The van der Waals surface area contributed by atoms with Gasteiger partial charge in [-0.05, 0) is 37.8 Å². The van der Waals surface area contributed by atoms with Crippen molar-refractivity contribution >= 4 is 17.5 Å². The van der Waals surface area contributed by atoms with Crippen molar-refractivity contribution in [1.29, 1.82) is 0 Å². The van der Waals surface area contributed by atoms with E-state index < -0.39 is 0 Å². The average molecular weight is 382 g/mol. The minimum absolute atomic E-state index is 0.220. The van der Waals surface area contributed by atoms with Gasteiger partial charge in [-0.15, -0.1) is 0 Å². The predicted molar refractivity (Wildman–Crippen MR) is 106 cm³/mol. The lowest BCUT2D eigenvalue weighted by Crippen LogP contribution is -2.40. The molecular formula is C22H24ClN3O. The Labute approximate surface area is 165 Å². The van der Waals surface area contributed by atoms with E-state index in [4.69, 9.17) is 21.6 Å². The molecule has 0 spiro atoms. The van der Waals surface area contributed by atoms with Crippen LogP contribution in [0.5, 0.6) is 0 Å². The number of fused-ring (bicyclic) bond motifs is 1. The molecule has 1 amide bonds. The molecule has 27 heavy (non-hydrogen) atoms. The Morgan fingerprint density at radius 3 is 2.48 bits per heavy atom. The minimum atomic E-state index is 0.220. The van der Waals surface area contributed by atoms with Crippen molar-refractivity contribution in [2.75, 3.05) is 6.54 Å². The first-order valence-corrected chi connectivity index (χ1v) is 10.5. The van der Waals surface area contributed by atoms with Gasteiger partial charge >= 0.3 is 0 Å². The molecule has 2 aromatic rings. The summed E-state index contributed by atoms with van der Waals surface area (Å²) in [6, 6.07) is 7.87. The van der Waals surface area contributed by atoms with Gasteiger partial charge in [0, 0.05) is 47.5 Å². The summed E-state index contributed by atoms with van der Waals surface area (Å²) in [7, 11) is 0. The quantitative estimate of drug-likeness (QED) is 0.770. The van der Waals surface area contributed by atoms with Crippen molar-refractivity contribution in [2.24, 2.45) is 5.92 Å². The normalized spacial score (nSPS) is 20.0. The number of nitrogens with zero attached hydrogens (tertiary/aromatic N) is 3. The summed E-state index contributed by atoms with van der Waals surface area (Å²) in [5, 5.41) is 0.724. The SMILES string of the molecule is O=C(C1CCCC1)N1CCc2nc(C3CC3)nc(-c3ccc(Cl)cc3)c2C1. The fraction of sp³-hybridized carbons (Fsp3) is 0.500. The zero-order chi connectivity index (χ0) is 18.4. The van der Waals surface area contributed by atoms with E-state index in [0.717, 1.165) is 59.2 Å². The molecular weight excluding hydrogens is 358 g/mol. The second-order valence-electron chi connectivity index (χ2n) is 8.13. The smallest absolute Gasteiger partial charge is 0.225 e. The lowest BCUT2D eigenvalue weighted by Gasteiger charge is -2.31. The van der Waals surface area contributed by atoms with E-state index in [1.807, 2.05) is 29.2 Å². The average Bonchev–Trinajstić information content (AvgIpc) is 3.41. The van der Waals surface area contributed by atoms with Crippen LogP contribution < -0.4 is 0 Å². The molecule has 2 fully saturated rings. The standard InChI is InChI=1S/C22H24ClN3O/c23-17-9-7-14(8-10-17)20-18-13-26(22(27)16-3-1-2-4-16)12-11-19(18)24-21(25-20)15-5-6-15/h7-10,15-16H,1-6,11-13H2. The topological polar surface area (TPSA) is 46.1 Å². The van der Waals surface area contributed by atoms with Gasteiger partial charge in [0.1, 0.15) is 5.82 Å². The summed E-state index contributed by atoms with van der Waals surface area (Å²) in [5.41, 5.74) is 4.31. The maximum absolute atomic E-state index is 13.0. The molecule has 0 bridgehead atoms. The van der Waals surface area contributed by atoms with Crippen LogP contribution in [-0.4, -0.2) is 27.3 Å². The van der Waals surface area contributed by atoms with Crippen LogP contribution in [0.3, 0.4) is 0 Å². The Morgan fingerprint density at radius 2 is 1.78 bits per heavy atom. The predicted octanol–water partition coefficient (Wildman–Crippen LogP) is 4.75. The van der Waals surface area contributed by atoms with Crippen LogP contribution in [0.4, 0.5) is 0 Å². The van der Waals surface area contributed by atoms with E-state index in [9.17, 15) is 4.79 Å². The molecule has 0 N–H and O–H groups in total. The van der Waals surface area contributed by atoms with Gasteiger partial charge < -0.3 is 4.90 Å². The summed E-state index contributed by atoms with van der Waals surface area (Å²) in [4.78, 5) is 24.8. The van der Waals surface area contributed by atoms with Gasteiger partial charge in [-0.1, -0.05) is 36.6 Å². The van der Waals surface area contributed by atoms with Crippen LogP contribution in [0.25, 0.3) is 11.3 Å². The molecule has 1 aromatic heterocycles. The Kier molecular flexibility index (Phi) is 4.39. The van der Waals surface area contributed by atoms with Crippen LogP contribution in [0.2, 0.25) is 5.02 Å². The van der Waals surface area contributed by atoms with Gasteiger partial charge in [0.05, 0.1) is 11.4 Å². The molecule has 5 rings (SSSR count). The number of aromatic nitrogens is 2. The molecule has 0 unspecified atom stereocenters. The third kappa shape index (κ3) is 3.36. The number of carbonyl (C=O) groups excluding carboxylic acids is 1. The van der Waals surface area contributed by atoms with Crippen molar-refractivity contribution in [3.63, 3.8) is 0 Å². The highest BCUT2D eigenvalue weighted by atomic mass is 35.5. The van der Waals surface area contributed by atoms with Crippen molar-refractivity contribution in [3.8, 4) is 11.3 Å². The van der Waals surface area contributed by atoms with Gasteiger partial charge in [0.25, 0.3) is 0 Å². The van der Waals surface area contributed by atoms with Gasteiger partial charge in [-0.25, -0.2) is 9.97 Å². The molecule has 2 aliphatic carbocycles. The Bertz CT molecular complexity index is 870. The van der Waals surface area contributed by atoms with Crippen molar-refractivity contribution in [3.05, 3.63) is 46.4 Å². The van der Waals surface area contributed by atoms with E-state index in [1.54, 1.807) is 0 Å². The fourth-order valence-corrected chi connectivity index (χ4v) is 4.55. The highest BCUT2D eigenvalue weighted by Gasteiger charge is 2.33. The number of halogens is 1. The van der Waals surface area contributed by atoms with E-state index in [2.05, 4.69) is 0 Å². The van der Waals surface area contributed by atoms with E-state index in [-0.39, 0.29) is 5.92 Å². The molecule has 1 aliphatic heterocycles. The first-order chi connectivity index (χ1) is 13.2. The van der Waals surface area contributed by atoms with Crippen LogP contribution in [0.15, 0.2) is 24.3 Å². The third-order valence-corrected chi connectivity index (χ3v) is 6.41. The second-order valence-corrected chi connectivity index (χ2v) is 8.56. The molecule has 2 saturated carbocycles. The molecule has 0 atom stereocenters. The molecule has 140 valence electrons. The lowest BCUT2D eigenvalue weighted by molar-refractivity contribution is -0.136. The lowest BCUT2D eigenvalue weighted by atomic mass is 9.97. The molecule has 4 nitrogen and oxygen atoms in total. The Hall–Kier alpha value is -1.94. The number of hydrogen-bond donors (Lipinski definition) is 0. The minimum Gasteiger partial charge on any atom is -0.338 e. The molecule has 2 heterocycles. The van der Waals surface area contributed by atoms with Crippen molar-refractivity contribution < 1.29 is 4.79 Å². The summed E-state index contributed by atoms with van der Waals surface area (Å²) < 4.78 is 0. The summed E-state index contributed by atoms with van der Waals surface area (Å²) in [5.74, 6) is 2.04. The number of amides is 1. The zero-order valence-corrected chi connectivity index (χ0v) is 16.2. The third-order valence-electron chi connectivity index (χ3n) is 6.15. The van der Waals surface area contributed by atoms with E-state index >= 15 is 0 Å². The zero-order valence-electron chi connectivity index (χ0n) is 15.5. The molecule has 3 aliphatic rings. The first-order valence-electron chi connectivity index (χ1n) is 10.1. The second kappa shape index (κ2) is 6.90. The summed E-state index contributed by atoms with van der Waals surface area (Å²) in [6.45, 7) is 1.41. The highest BCUT2D eigenvalue weighted by molar-refractivity contribution is 6.30. The van der Waals surface area contributed by atoms with Gasteiger partial charge in [0.2, 0.25) is 5.91 Å². The molecule has 1 aromatic carbocycles. The van der Waals surface area contributed by atoms with Crippen molar-refractivity contribution in [2.45, 2.75) is 57.4 Å². The van der Waals surface area contributed by atoms with Crippen LogP contribution in [0.1, 0.15) is 61.5 Å². The fourth-order valence-electron chi connectivity index (χ4n) is 4.42. The monoisotopic (exact) mass is 381 g/mol. The largest absolute Gasteiger partial charge is 0.338 e. The molecule has 5 heteroatoms. The van der Waals surface area contributed by atoms with E-state index in [0.29, 0.717) is 18.4 Å². The maximum atomic E-state index is 13.0. The number of carbonyl (C=O) groups is 1. The highest BCUT2D eigenvalue weighted by Crippen LogP contribution is 2.40. The summed E-state index contributed by atoms with van der Waals surface area (Å²) >= 11 is 6.09. The Balaban J connectivity index is 1.52. The molecule has 0 radical (unpaired) electrons. The number of rotatable bonds is 3.